The summed E-state index contributed by atoms with van der Waals surface area (Å²) in [4.78, 5) is 22.4. The molecule has 2 aromatic heterocycles. The second kappa shape index (κ2) is 5.50. The van der Waals surface area contributed by atoms with Crippen LogP contribution >= 0.6 is 15.9 Å². The predicted molar refractivity (Wildman–Crippen MR) is 80.6 cm³/mol. The molecule has 102 valence electrons. The van der Waals surface area contributed by atoms with Gasteiger partial charge in [0, 0.05) is 23.6 Å². The summed E-state index contributed by atoms with van der Waals surface area (Å²) in [5.41, 5.74) is 2.51. The predicted octanol–water partition coefficient (Wildman–Crippen LogP) is 2.63. The molecule has 20 heavy (non-hydrogen) atoms. The molecule has 0 fully saturated rings. The molecule has 0 saturated heterocycles. The van der Waals surface area contributed by atoms with Crippen LogP contribution in [0.2, 0.25) is 0 Å². The van der Waals surface area contributed by atoms with Crippen LogP contribution in [0.3, 0.4) is 0 Å². The Labute approximate surface area is 123 Å². The fraction of sp³-hybridized carbons (Fsp3) is 0.143. The van der Waals surface area contributed by atoms with Crippen molar-refractivity contribution in [2.24, 2.45) is 0 Å². The van der Waals surface area contributed by atoms with Crippen molar-refractivity contribution in [3.63, 3.8) is 0 Å². The van der Waals surface area contributed by atoms with Gasteiger partial charge in [-0.1, -0.05) is 12.1 Å². The van der Waals surface area contributed by atoms with Crippen molar-refractivity contribution in [2.45, 2.75) is 6.42 Å². The van der Waals surface area contributed by atoms with E-state index in [1.54, 1.807) is 12.3 Å². The fourth-order valence-electron chi connectivity index (χ4n) is 2.01. The number of H-pyrrole nitrogens is 2. The zero-order chi connectivity index (χ0) is 13.9. The summed E-state index contributed by atoms with van der Waals surface area (Å²) in [6.45, 7) is 0.537. The first-order valence-electron chi connectivity index (χ1n) is 6.28. The molecule has 3 aromatic rings. The Morgan fingerprint density at radius 1 is 1.35 bits per heavy atom. The molecule has 3 rings (SSSR count). The Hall–Kier alpha value is -2.08. The lowest BCUT2D eigenvalue weighted by molar-refractivity contribution is 0.0949. The molecule has 0 unspecified atom stereocenters. The molecule has 2 heterocycles. The largest absolute Gasteiger partial charge is 0.356 e. The molecule has 1 amide bonds. The van der Waals surface area contributed by atoms with E-state index in [4.69, 9.17) is 0 Å². The number of imidazole rings is 1. The van der Waals surface area contributed by atoms with Crippen LogP contribution in [-0.4, -0.2) is 27.4 Å². The standard InChI is InChI=1S/C14H13BrN4O/c15-9-7-12(17-8-9)14(20)16-6-5-13-18-10-3-1-2-4-11(10)19-13/h1-4,7-8,17H,5-6H2,(H,16,20)(H,18,19). The van der Waals surface area contributed by atoms with Gasteiger partial charge in [-0.2, -0.15) is 0 Å². The number of aromatic amines is 2. The highest BCUT2D eigenvalue weighted by Gasteiger charge is 2.08. The summed E-state index contributed by atoms with van der Waals surface area (Å²) in [7, 11) is 0. The molecule has 3 N–H and O–H groups in total. The minimum Gasteiger partial charge on any atom is -0.356 e. The van der Waals surface area contributed by atoms with Crippen molar-refractivity contribution < 1.29 is 4.79 Å². The Kier molecular flexibility index (Phi) is 3.56. The minimum absolute atomic E-state index is 0.119. The van der Waals surface area contributed by atoms with E-state index < -0.39 is 0 Å². The zero-order valence-corrected chi connectivity index (χ0v) is 12.2. The van der Waals surface area contributed by atoms with Gasteiger partial charge in [0.05, 0.1) is 11.0 Å². The molecule has 5 nitrogen and oxygen atoms in total. The molecular formula is C14H13BrN4O. The second-order valence-corrected chi connectivity index (χ2v) is 5.35. The summed E-state index contributed by atoms with van der Waals surface area (Å²) in [5, 5.41) is 2.85. The third-order valence-corrected chi connectivity index (χ3v) is 3.44. The van der Waals surface area contributed by atoms with Crippen LogP contribution in [0.5, 0.6) is 0 Å². The van der Waals surface area contributed by atoms with Gasteiger partial charge in [-0.05, 0) is 34.1 Å². The van der Waals surface area contributed by atoms with Crippen molar-refractivity contribution in [3.05, 3.63) is 52.5 Å². The van der Waals surface area contributed by atoms with Gasteiger partial charge in [0.1, 0.15) is 11.5 Å². The number of rotatable bonds is 4. The molecule has 0 atom stereocenters. The second-order valence-electron chi connectivity index (χ2n) is 4.44. The summed E-state index contributed by atoms with van der Waals surface area (Å²) in [6.07, 6.45) is 2.40. The third kappa shape index (κ3) is 2.75. The van der Waals surface area contributed by atoms with E-state index in [2.05, 4.69) is 36.2 Å². The first-order valence-corrected chi connectivity index (χ1v) is 7.07. The molecule has 0 aliphatic heterocycles. The lowest BCUT2D eigenvalue weighted by Crippen LogP contribution is -2.26. The van der Waals surface area contributed by atoms with Crippen molar-refractivity contribution >= 4 is 32.9 Å². The molecule has 0 saturated carbocycles. The molecule has 0 radical (unpaired) electrons. The van der Waals surface area contributed by atoms with E-state index in [0.29, 0.717) is 18.7 Å². The quantitative estimate of drug-likeness (QED) is 0.687. The van der Waals surface area contributed by atoms with E-state index in [9.17, 15) is 4.79 Å². The molecule has 0 aliphatic rings. The van der Waals surface area contributed by atoms with Gasteiger partial charge in [0.25, 0.3) is 5.91 Å². The average molecular weight is 333 g/mol. The molecule has 6 heteroatoms. The van der Waals surface area contributed by atoms with Gasteiger partial charge in [-0.25, -0.2) is 4.98 Å². The molecule has 0 aliphatic carbocycles. The molecule has 0 bridgehead atoms. The number of carbonyl (C=O) groups excluding carboxylic acids is 1. The SMILES string of the molecule is O=C(NCCc1nc2ccccc2[nH]1)c1cc(Br)c[nH]1. The van der Waals surface area contributed by atoms with Crippen LogP contribution in [0.25, 0.3) is 11.0 Å². The number of nitrogens with one attached hydrogen (secondary N) is 3. The summed E-state index contributed by atoms with van der Waals surface area (Å²) >= 11 is 3.30. The van der Waals surface area contributed by atoms with Crippen molar-refractivity contribution in [1.29, 1.82) is 0 Å². The first kappa shape index (κ1) is 12.9. The fourth-order valence-corrected chi connectivity index (χ4v) is 2.36. The zero-order valence-electron chi connectivity index (χ0n) is 10.6. The van der Waals surface area contributed by atoms with Gasteiger partial charge in [-0.3, -0.25) is 4.79 Å². The number of amides is 1. The maximum absolute atomic E-state index is 11.8. The number of para-hydroxylation sites is 2. The van der Waals surface area contributed by atoms with Crippen LogP contribution in [0.1, 0.15) is 16.3 Å². The normalized spacial score (nSPS) is 10.8. The van der Waals surface area contributed by atoms with Crippen molar-refractivity contribution in [2.75, 3.05) is 6.54 Å². The lowest BCUT2D eigenvalue weighted by Gasteiger charge is -2.01. The van der Waals surface area contributed by atoms with Crippen LogP contribution in [-0.2, 0) is 6.42 Å². The summed E-state index contributed by atoms with van der Waals surface area (Å²) in [5.74, 6) is 0.756. The number of nitrogens with zero attached hydrogens (tertiary/aromatic N) is 1. The molecule has 1 aromatic carbocycles. The summed E-state index contributed by atoms with van der Waals surface area (Å²) in [6, 6.07) is 9.62. The minimum atomic E-state index is -0.119. The van der Waals surface area contributed by atoms with Crippen molar-refractivity contribution in [1.82, 2.24) is 20.3 Å². The number of fused-ring (bicyclic) bond motifs is 1. The van der Waals surface area contributed by atoms with E-state index in [0.717, 1.165) is 21.3 Å². The van der Waals surface area contributed by atoms with E-state index in [1.807, 2.05) is 24.3 Å². The topological polar surface area (TPSA) is 73.6 Å². The highest BCUT2D eigenvalue weighted by atomic mass is 79.9. The van der Waals surface area contributed by atoms with Crippen LogP contribution < -0.4 is 5.32 Å². The van der Waals surface area contributed by atoms with Crippen molar-refractivity contribution in [3.8, 4) is 0 Å². The Balaban J connectivity index is 1.58. The smallest absolute Gasteiger partial charge is 0.267 e. The monoisotopic (exact) mass is 332 g/mol. The Morgan fingerprint density at radius 2 is 2.20 bits per heavy atom. The molecule has 0 spiro atoms. The number of carbonyl (C=O) groups is 1. The highest BCUT2D eigenvalue weighted by molar-refractivity contribution is 9.10. The van der Waals surface area contributed by atoms with Gasteiger partial charge < -0.3 is 15.3 Å². The van der Waals surface area contributed by atoms with Crippen LogP contribution in [0.15, 0.2) is 41.0 Å². The number of hydrogen-bond donors (Lipinski definition) is 3. The van der Waals surface area contributed by atoms with Gasteiger partial charge in [-0.15, -0.1) is 0 Å². The third-order valence-electron chi connectivity index (χ3n) is 2.98. The van der Waals surface area contributed by atoms with E-state index in [1.165, 1.54) is 0 Å². The number of aromatic nitrogens is 3. The molecular weight excluding hydrogens is 320 g/mol. The number of halogens is 1. The van der Waals surface area contributed by atoms with E-state index >= 15 is 0 Å². The maximum Gasteiger partial charge on any atom is 0.267 e. The lowest BCUT2D eigenvalue weighted by atomic mass is 10.3. The average Bonchev–Trinajstić information content (AvgIpc) is 3.04. The Morgan fingerprint density at radius 3 is 2.95 bits per heavy atom. The van der Waals surface area contributed by atoms with Gasteiger partial charge in [0.2, 0.25) is 0 Å². The highest BCUT2D eigenvalue weighted by Crippen LogP contribution is 2.11. The van der Waals surface area contributed by atoms with E-state index in [-0.39, 0.29) is 5.91 Å². The number of hydrogen-bond acceptors (Lipinski definition) is 2. The maximum atomic E-state index is 11.8. The van der Waals surface area contributed by atoms with Crippen LogP contribution in [0, 0.1) is 0 Å². The Bertz CT molecular complexity index is 713. The summed E-state index contributed by atoms with van der Waals surface area (Å²) < 4.78 is 0.861. The van der Waals surface area contributed by atoms with Gasteiger partial charge in [0.15, 0.2) is 0 Å². The first-order chi connectivity index (χ1) is 9.72. The van der Waals surface area contributed by atoms with Gasteiger partial charge >= 0.3 is 0 Å². The number of benzene rings is 1. The van der Waals surface area contributed by atoms with Crippen LogP contribution in [0.4, 0.5) is 0 Å².